The second-order valence-electron chi connectivity index (χ2n) is 5.15. The summed E-state index contributed by atoms with van der Waals surface area (Å²) in [4.78, 5) is 0. The Morgan fingerprint density at radius 1 is 1.53 bits per heavy atom. The van der Waals surface area contributed by atoms with Crippen LogP contribution in [0.5, 0.6) is 0 Å². The van der Waals surface area contributed by atoms with Crippen molar-refractivity contribution in [1.29, 1.82) is 0 Å². The van der Waals surface area contributed by atoms with E-state index < -0.39 is 0 Å². The average Bonchev–Trinajstić information content (AvgIpc) is 2.58. The lowest BCUT2D eigenvalue weighted by Crippen LogP contribution is -2.23. The molecule has 1 aliphatic heterocycles. The Labute approximate surface area is 103 Å². The second kappa shape index (κ2) is 5.19. The number of rotatable bonds is 3. The topological polar surface area (TPSA) is 53.1 Å². The fraction of sp³-hybridized carbons (Fsp3) is 0.769. The monoisotopic (exact) mass is 237 g/mol. The van der Waals surface area contributed by atoms with E-state index in [4.69, 9.17) is 10.5 Å². The summed E-state index contributed by atoms with van der Waals surface area (Å²) in [5.41, 5.74) is 9.57. The Hall–Kier alpha value is -0.870. The maximum absolute atomic E-state index is 5.89. The molecule has 0 saturated carbocycles. The van der Waals surface area contributed by atoms with E-state index in [2.05, 4.69) is 23.6 Å². The highest BCUT2D eigenvalue weighted by molar-refractivity contribution is 5.26. The molecule has 2 unspecified atom stereocenters. The smallest absolute Gasteiger partial charge is 0.0756 e. The lowest BCUT2D eigenvalue weighted by molar-refractivity contribution is 0.0541. The molecule has 0 amide bonds. The number of hydrogen-bond acceptors (Lipinski definition) is 3. The van der Waals surface area contributed by atoms with Gasteiger partial charge in [-0.2, -0.15) is 5.10 Å². The fourth-order valence-corrected chi connectivity index (χ4v) is 2.59. The molecule has 4 nitrogen and oxygen atoms in total. The van der Waals surface area contributed by atoms with Crippen LogP contribution in [0, 0.1) is 13.8 Å². The Balaban J connectivity index is 2.23. The minimum atomic E-state index is 0.188. The summed E-state index contributed by atoms with van der Waals surface area (Å²) in [6.07, 6.45) is 3.20. The molecule has 1 saturated heterocycles. The van der Waals surface area contributed by atoms with Gasteiger partial charge >= 0.3 is 0 Å². The number of aromatic nitrogens is 2. The molecule has 96 valence electrons. The molecule has 1 aromatic rings. The van der Waals surface area contributed by atoms with E-state index in [1.165, 1.54) is 17.7 Å². The van der Waals surface area contributed by atoms with Crippen molar-refractivity contribution in [3.63, 3.8) is 0 Å². The van der Waals surface area contributed by atoms with Crippen LogP contribution in [-0.2, 0) is 11.2 Å². The SMILES string of the molecule is Cc1nn(C2CCCOC2)c(C)c1CC(C)N. The van der Waals surface area contributed by atoms with Crippen molar-refractivity contribution in [3.8, 4) is 0 Å². The van der Waals surface area contributed by atoms with Crippen LogP contribution in [0.3, 0.4) is 0 Å². The molecule has 2 heterocycles. The highest BCUT2D eigenvalue weighted by atomic mass is 16.5. The summed E-state index contributed by atoms with van der Waals surface area (Å²) in [6, 6.07) is 0.594. The first-order chi connectivity index (χ1) is 8.09. The quantitative estimate of drug-likeness (QED) is 0.871. The molecule has 0 radical (unpaired) electrons. The van der Waals surface area contributed by atoms with Gasteiger partial charge in [0.15, 0.2) is 0 Å². The predicted octanol–water partition coefficient (Wildman–Crippen LogP) is 1.74. The van der Waals surface area contributed by atoms with Gasteiger partial charge in [-0.05, 0) is 45.6 Å². The third kappa shape index (κ3) is 2.69. The molecule has 17 heavy (non-hydrogen) atoms. The van der Waals surface area contributed by atoms with E-state index in [0.717, 1.165) is 31.7 Å². The summed E-state index contributed by atoms with van der Waals surface area (Å²) in [6.45, 7) is 7.94. The van der Waals surface area contributed by atoms with Crippen molar-refractivity contribution in [2.75, 3.05) is 13.2 Å². The van der Waals surface area contributed by atoms with Gasteiger partial charge in [-0.3, -0.25) is 4.68 Å². The number of nitrogens with zero attached hydrogens (tertiary/aromatic N) is 2. The summed E-state index contributed by atoms with van der Waals surface area (Å²) >= 11 is 0. The average molecular weight is 237 g/mol. The third-order valence-electron chi connectivity index (χ3n) is 3.48. The Bertz CT molecular complexity index is 378. The van der Waals surface area contributed by atoms with Crippen LogP contribution in [0.1, 0.15) is 42.8 Å². The highest BCUT2D eigenvalue weighted by Gasteiger charge is 2.21. The van der Waals surface area contributed by atoms with Gasteiger partial charge in [-0.25, -0.2) is 0 Å². The zero-order chi connectivity index (χ0) is 12.4. The minimum absolute atomic E-state index is 0.188. The van der Waals surface area contributed by atoms with Crippen molar-refractivity contribution < 1.29 is 4.74 Å². The lowest BCUT2D eigenvalue weighted by atomic mass is 10.1. The summed E-state index contributed by atoms with van der Waals surface area (Å²) in [7, 11) is 0. The van der Waals surface area contributed by atoms with Gasteiger partial charge in [-0.1, -0.05) is 0 Å². The van der Waals surface area contributed by atoms with Crippen LogP contribution in [0.2, 0.25) is 0 Å². The van der Waals surface area contributed by atoms with Crippen molar-refractivity contribution in [1.82, 2.24) is 9.78 Å². The Morgan fingerprint density at radius 2 is 2.29 bits per heavy atom. The minimum Gasteiger partial charge on any atom is -0.379 e. The number of hydrogen-bond donors (Lipinski definition) is 1. The maximum atomic E-state index is 5.89. The van der Waals surface area contributed by atoms with Crippen LogP contribution in [-0.4, -0.2) is 29.0 Å². The van der Waals surface area contributed by atoms with Gasteiger partial charge in [0.2, 0.25) is 0 Å². The van der Waals surface area contributed by atoms with Crippen molar-refractivity contribution >= 4 is 0 Å². The van der Waals surface area contributed by atoms with Crippen LogP contribution >= 0.6 is 0 Å². The molecule has 1 aliphatic rings. The molecular formula is C13H23N3O. The van der Waals surface area contributed by atoms with E-state index in [0.29, 0.717) is 6.04 Å². The molecule has 2 rings (SSSR count). The summed E-state index contributed by atoms with van der Waals surface area (Å²) in [5.74, 6) is 0. The largest absolute Gasteiger partial charge is 0.379 e. The van der Waals surface area contributed by atoms with Gasteiger partial charge in [0.1, 0.15) is 0 Å². The second-order valence-corrected chi connectivity index (χ2v) is 5.15. The molecule has 0 aromatic carbocycles. The number of ether oxygens (including phenoxy) is 1. The number of nitrogens with two attached hydrogens (primary N) is 1. The number of aryl methyl sites for hydroxylation is 1. The molecular weight excluding hydrogens is 214 g/mol. The van der Waals surface area contributed by atoms with E-state index >= 15 is 0 Å². The normalized spacial score (nSPS) is 22.7. The van der Waals surface area contributed by atoms with E-state index in [9.17, 15) is 0 Å². The third-order valence-corrected chi connectivity index (χ3v) is 3.48. The van der Waals surface area contributed by atoms with Crippen molar-refractivity contribution in [3.05, 3.63) is 17.0 Å². The highest BCUT2D eigenvalue weighted by Crippen LogP contribution is 2.24. The van der Waals surface area contributed by atoms with Gasteiger partial charge < -0.3 is 10.5 Å². The fourth-order valence-electron chi connectivity index (χ4n) is 2.59. The first kappa shape index (κ1) is 12.6. The molecule has 1 aromatic heterocycles. The van der Waals surface area contributed by atoms with Crippen LogP contribution in [0.4, 0.5) is 0 Å². The molecule has 2 atom stereocenters. The summed E-state index contributed by atoms with van der Waals surface area (Å²) < 4.78 is 7.68. The van der Waals surface area contributed by atoms with Gasteiger partial charge in [0, 0.05) is 18.3 Å². The predicted molar refractivity (Wildman–Crippen MR) is 68.1 cm³/mol. The van der Waals surface area contributed by atoms with E-state index in [-0.39, 0.29) is 6.04 Å². The summed E-state index contributed by atoms with van der Waals surface area (Å²) in [5, 5.41) is 4.67. The van der Waals surface area contributed by atoms with Crippen molar-refractivity contribution in [2.45, 2.75) is 52.1 Å². The van der Waals surface area contributed by atoms with E-state index in [1.807, 2.05) is 6.92 Å². The Morgan fingerprint density at radius 3 is 2.88 bits per heavy atom. The first-order valence-corrected chi connectivity index (χ1v) is 6.47. The van der Waals surface area contributed by atoms with Crippen LogP contribution in [0.25, 0.3) is 0 Å². The molecule has 0 spiro atoms. The van der Waals surface area contributed by atoms with Crippen LogP contribution in [0.15, 0.2) is 0 Å². The zero-order valence-corrected chi connectivity index (χ0v) is 11.1. The zero-order valence-electron chi connectivity index (χ0n) is 11.1. The maximum Gasteiger partial charge on any atom is 0.0756 e. The van der Waals surface area contributed by atoms with Gasteiger partial charge in [0.25, 0.3) is 0 Å². The van der Waals surface area contributed by atoms with Gasteiger partial charge in [-0.15, -0.1) is 0 Å². The van der Waals surface area contributed by atoms with Gasteiger partial charge in [0.05, 0.1) is 18.3 Å². The van der Waals surface area contributed by atoms with E-state index in [1.54, 1.807) is 0 Å². The molecule has 1 fully saturated rings. The lowest BCUT2D eigenvalue weighted by Gasteiger charge is -2.23. The molecule has 0 bridgehead atoms. The standard InChI is InChI=1S/C13H23N3O/c1-9(14)7-13-10(2)15-16(11(13)3)12-5-4-6-17-8-12/h9,12H,4-8,14H2,1-3H3. The first-order valence-electron chi connectivity index (χ1n) is 6.47. The Kier molecular flexibility index (Phi) is 3.84. The van der Waals surface area contributed by atoms with Crippen molar-refractivity contribution in [2.24, 2.45) is 5.73 Å². The molecule has 2 N–H and O–H groups in total. The molecule has 0 aliphatic carbocycles. The molecule has 4 heteroatoms. The van der Waals surface area contributed by atoms with Crippen LogP contribution < -0.4 is 5.73 Å².